The molecule has 3 atom stereocenters. The highest BCUT2D eigenvalue weighted by molar-refractivity contribution is 9.10. The van der Waals surface area contributed by atoms with Crippen LogP contribution < -0.4 is 0 Å². The summed E-state index contributed by atoms with van der Waals surface area (Å²) in [6.07, 6.45) is 3.59. The van der Waals surface area contributed by atoms with E-state index in [-0.39, 0.29) is 5.82 Å². The Morgan fingerprint density at radius 1 is 1.44 bits per heavy atom. The molecule has 100 valence electrons. The van der Waals surface area contributed by atoms with Gasteiger partial charge in [-0.15, -0.1) is 0 Å². The molecule has 0 radical (unpaired) electrons. The van der Waals surface area contributed by atoms with E-state index in [2.05, 4.69) is 29.8 Å². The second kappa shape index (κ2) is 5.30. The summed E-state index contributed by atoms with van der Waals surface area (Å²) >= 11 is 3.20. The van der Waals surface area contributed by atoms with Crippen molar-refractivity contribution in [1.82, 2.24) is 0 Å². The van der Waals surface area contributed by atoms with Gasteiger partial charge >= 0.3 is 0 Å². The van der Waals surface area contributed by atoms with E-state index in [0.29, 0.717) is 22.7 Å². The van der Waals surface area contributed by atoms with Crippen LogP contribution in [0.15, 0.2) is 22.7 Å². The van der Waals surface area contributed by atoms with Gasteiger partial charge in [0, 0.05) is 6.42 Å². The highest BCUT2D eigenvalue weighted by Crippen LogP contribution is 2.39. The third kappa shape index (κ3) is 2.94. The predicted octanol–water partition coefficient (Wildman–Crippen LogP) is 4.32. The Bertz CT molecular complexity index is 435. The number of benzene rings is 1. The SMILES string of the molecule is CC1CCC(O)(Cc2ccc(F)c(Br)c2)C(C)C1. The van der Waals surface area contributed by atoms with Crippen molar-refractivity contribution in [2.24, 2.45) is 11.8 Å². The number of rotatable bonds is 2. The van der Waals surface area contributed by atoms with E-state index < -0.39 is 5.60 Å². The van der Waals surface area contributed by atoms with Crippen molar-refractivity contribution in [3.63, 3.8) is 0 Å². The fraction of sp³-hybridized carbons (Fsp3) is 0.600. The smallest absolute Gasteiger partial charge is 0.137 e. The molecule has 1 nitrogen and oxygen atoms in total. The minimum absolute atomic E-state index is 0.254. The minimum Gasteiger partial charge on any atom is -0.389 e. The number of aliphatic hydroxyl groups is 1. The van der Waals surface area contributed by atoms with Crippen LogP contribution in [0.5, 0.6) is 0 Å². The highest BCUT2D eigenvalue weighted by atomic mass is 79.9. The summed E-state index contributed by atoms with van der Waals surface area (Å²) < 4.78 is 13.7. The third-order valence-corrected chi connectivity index (χ3v) is 4.85. The molecule has 3 heteroatoms. The first-order chi connectivity index (χ1) is 8.40. The van der Waals surface area contributed by atoms with Gasteiger partial charge in [0.25, 0.3) is 0 Å². The van der Waals surface area contributed by atoms with Crippen LogP contribution in [0.2, 0.25) is 0 Å². The lowest BCUT2D eigenvalue weighted by atomic mass is 9.70. The third-order valence-electron chi connectivity index (χ3n) is 4.24. The van der Waals surface area contributed by atoms with E-state index in [1.54, 1.807) is 12.1 Å². The van der Waals surface area contributed by atoms with E-state index in [9.17, 15) is 9.50 Å². The van der Waals surface area contributed by atoms with Crippen molar-refractivity contribution in [2.45, 2.75) is 45.1 Å². The molecule has 1 saturated carbocycles. The molecule has 1 aromatic carbocycles. The summed E-state index contributed by atoms with van der Waals surface area (Å²) in [6, 6.07) is 5.00. The number of hydrogen-bond acceptors (Lipinski definition) is 1. The lowest BCUT2D eigenvalue weighted by Gasteiger charge is -2.41. The van der Waals surface area contributed by atoms with E-state index in [1.807, 2.05) is 0 Å². The molecule has 3 unspecified atom stereocenters. The molecule has 1 aliphatic carbocycles. The summed E-state index contributed by atoms with van der Waals surface area (Å²) in [5.74, 6) is 0.737. The average Bonchev–Trinajstić information content (AvgIpc) is 2.30. The first-order valence-electron chi connectivity index (χ1n) is 6.57. The second-order valence-electron chi connectivity index (χ2n) is 5.81. The monoisotopic (exact) mass is 314 g/mol. The zero-order chi connectivity index (χ0) is 13.3. The Hall–Kier alpha value is -0.410. The van der Waals surface area contributed by atoms with Crippen molar-refractivity contribution in [1.29, 1.82) is 0 Å². The van der Waals surface area contributed by atoms with Crippen LogP contribution in [-0.2, 0) is 6.42 Å². The first kappa shape index (κ1) is 14.0. The molecule has 1 fully saturated rings. The van der Waals surface area contributed by atoms with Crippen LogP contribution in [-0.4, -0.2) is 10.7 Å². The van der Waals surface area contributed by atoms with Gasteiger partial charge in [0.15, 0.2) is 0 Å². The molecule has 1 aromatic rings. The molecule has 1 N–H and O–H groups in total. The quantitative estimate of drug-likeness (QED) is 0.862. The molecule has 0 heterocycles. The number of halogens is 2. The molecule has 18 heavy (non-hydrogen) atoms. The Labute approximate surface area is 117 Å². The van der Waals surface area contributed by atoms with Crippen LogP contribution in [0.1, 0.15) is 38.7 Å². The summed E-state index contributed by atoms with van der Waals surface area (Å²) in [5, 5.41) is 10.8. The van der Waals surface area contributed by atoms with Gasteiger partial charge in [-0.25, -0.2) is 4.39 Å². The summed E-state index contributed by atoms with van der Waals surface area (Å²) in [6.45, 7) is 4.36. The van der Waals surface area contributed by atoms with Gasteiger partial charge < -0.3 is 5.11 Å². The van der Waals surface area contributed by atoms with E-state index in [4.69, 9.17) is 0 Å². The van der Waals surface area contributed by atoms with Crippen molar-refractivity contribution in [3.8, 4) is 0 Å². The Kier molecular flexibility index (Phi) is 4.12. The first-order valence-corrected chi connectivity index (χ1v) is 7.36. The Morgan fingerprint density at radius 3 is 2.78 bits per heavy atom. The molecule has 0 aliphatic heterocycles. The molecule has 0 aromatic heterocycles. The fourth-order valence-electron chi connectivity index (χ4n) is 2.95. The normalized spacial score (nSPS) is 32.5. The van der Waals surface area contributed by atoms with E-state index in [1.165, 1.54) is 6.07 Å². The molecule has 2 rings (SSSR count). The van der Waals surface area contributed by atoms with Crippen LogP contribution in [0, 0.1) is 17.7 Å². The van der Waals surface area contributed by atoms with Gasteiger partial charge in [0.05, 0.1) is 10.1 Å². The zero-order valence-corrected chi connectivity index (χ0v) is 12.5. The molecular weight excluding hydrogens is 295 g/mol. The minimum atomic E-state index is -0.635. The van der Waals surface area contributed by atoms with Gasteiger partial charge in [0.1, 0.15) is 5.82 Å². The van der Waals surface area contributed by atoms with Gasteiger partial charge in [0.2, 0.25) is 0 Å². The lowest BCUT2D eigenvalue weighted by Crippen LogP contribution is -2.43. The van der Waals surface area contributed by atoms with Crippen LogP contribution in [0.25, 0.3) is 0 Å². The van der Waals surface area contributed by atoms with Crippen molar-refractivity contribution < 1.29 is 9.50 Å². The predicted molar refractivity (Wildman–Crippen MR) is 74.9 cm³/mol. The maximum absolute atomic E-state index is 13.2. The van der Waals surface area contributed by atoms with E-state index >= 15 is 0 Å². The summed E-state index contributed by atoms with van der Waals surface area (Å²) in [7, 11) is 0. The van der Waals surface area contributed by atoms with Crippen LogP contribution in [0.3, 0.4) is 0 Å². The van der Waals surface area contributed by atoms with Crippen molar-refractivity contribution in [2.75, 3.05) is 0 Å². The largest absolute Gasteiger partial charge is 0.389 e. The van der Waals surface area contributed by atoms with Crippen molar-refractivity contribution >= 4 is 15.9 Å². The number of hydrogen-bond donors (Lipinski definition) is 1. The Balaban J connectivity index is 2.14. The molecule has 0 amide bonds. The molecule has 0 saturated heterocycles. The fourth-order valence-corrected chi connectivity index (χ4v) is 3.38. The van der Waals surface area contributed by atoms with Crippen molar-refractivity contribution in [3.05, 3.63) is 34.1 Å². The Morgan fingerprint density at radius 2 is 2.17 bits per heavy atom. The van der Waals surface area contributed by atoms with Crippen LogP contribution in [0.4, 0.5) is 4.39 Å². The summed E-state index contributed by atoms with van der Waals surface area (Å²) in [4.78, 5) is 0. The summed E-state index contributed by atoms with van der Waals surface area (Å²) in [5.41, 5.74) is 0.358. The topological polar surface area (TPSA) is 20.2 Å². The molecule has 0 bridgehead atoms. The standard InChI is InChI=1S/C15H20BrFO/c1-10-5-6-15(18,11(2)7-10)9-12-3-4-14(17)13(16)8-12/h3-4,8,10-11,18H,5-7,9H2,1-2H3. The maximum Gasteiger partial charge on any atom is 0.137 e. The van der Waals surface area contributed by atoms with Gasteiger partial charge in [-0.05, 0) is 64.7 Å². The van der Waals surface area contributed by atoms with Gasteiger partial charge in [-0.1, -0.05) is 19.9 Å². The maximum atomic E-state index is 13.2. The molecule has 1 aliphatic rings. The van der Waals surface area contributed by atoms with Crippen LogP contribution >= 0.6 is 15.9 Å². The van der Waals surface area contributed by atoms with Gasteiger partial charge in [-0.2, -0.15) is 0 Å². The molecular formula is C15H20BrFO. The zero-order valence-electron chi connectivity index (χ0n) is 10.9. The average molecular weight is 315 g/mol. The lowest BCUT2D eigenvalue weighted by molar-refractivity contribution is -0.0522. The van der Waals surface area contributed by atoms with E-state index in [0.717, 1.165) is 24.8 Å². The second-order valence-corrected chi connectivity index (χ2v) is 6.66. The highest BCUT2D eigenvalue weighted by Gasteiger charge is 2.38. The van der Waals surface area contributed by atoms with Gasteiger partial charge in [-0.3, -0.25) is 0 Å². The molecule has 0 spiro atoms.